The van der Waals surface area contributed by atoms with Crippen molar-refractivity contribution in [3.05, 3.63) is 0 Å². The van der Waals surface area contributed by atoms with Gasteiger partial charge < -0.3 is 5.32 Å². The Morgan fingerprint density at radius 1 is 1.64 bits per heavy atom. The largest absolute Gasteiger partial charge is 0.313 e. The maximum Gasteiger partial charge on any atom is 0.0212 e. The summed E-state index contributed by atoms with van der Waals surface area (Å²) in [6.07, 6.45) is 10.1. The SMILES string of the molecule is C#CCCNC1CC1CCC. The molecule has 62 valence electrons. The van der Waals surface area contributed by atoms with Crippen molar-refractivity contribution in [1.29, 1.82) is 0 Å². The molecular weight excluding hydrogens is 134 g/mol. The van der Waals surface area contributed by atoms with Gasteiger partial charge >= 0.3 is 0 Å². The summed E-state index contributed by atoms with van der Waals surface area (Å²) in [7, 11) is 0. The Bertz CT molecular complexity index is 145. The van der Waals surface area contributed by atoms with Gasteiger partial charge in [0.1, 0.15) is 0 Å². The molecule has 1 saturated carbocycles. The Morgan fingerprint density at radius 3 is 3.09 bits per heavy atom. The van der Waals surface area contributed by atoms with E-state index in [0.29, 0.717) is 0 Å². The second-order valence-electron chi connectivity index (χ2n) is 3.30. The van der Waals surface area contributed by atoms with Crippen LogP contribution >= 0.6 is 0 Å². The summed E-state index contributed by atoms with van der Waals surface area (Å²) in [5.74, 6) is 3.59. The van der Waals surface area contributed by atoms with Gasteiger partial charge in [-0.1, -0.05) is 13.3 Å². The topological polar surface area (TPSA) is 12.0 Å². The van der Waals surface area contributed by atoms with Crippen LogP contribution in [0.2, 0.25) is 0 Å². The fourth-order valence-electron chi connectivity index (χ4n) is 1.52. The molecule has 1 N–H and O–H groups in total. The van der Waals surface area contributed by atoms with Gasteiger partial charge in [0.15, 0.2) is 0 Å². The second kappa shape index (κ2) is 4.41. The molecule has 0 spiro atoms. The van der Waals surface area contributed by atoms with E-state index >= 15 is 0 Å². The smallest absolute Gasteiger partial charge is 0.0212 e. The summed E-state index contributed by atoms with van der Waals surface area (Å²) < 4.78 is 0. The summed E-state index contributed by atoms with van der Waals surface area (Å²) in [6.45, 7) is 3.25. The number of hydrogen-bond donors (Lipinski definition) is 1. The normalized spacial score (nSPS) is 28.0. The number of hydrogen-bond acceptors (Lipinski definition) is 1. The van der Waals surface area contributed by atoms with Crippen LogP contribution in [0.4, 0.5) is 0 Å². The van der Waals surface area contributed by atoms with Crippen LogP contribution in [0.3, 0.4) is 0 Å². The molecule has 0 aromatic carbocycles. The molecule has 0 aromatic heterocycles. The molecule has 1 aliphatic carbocycles. The Balaban J connectivity index is 1.92. The van der Waals surface area contributed by atoms with Crippen LogP contribution < -0.4 is 5.32 Å². The molecule has 1 heteroatoms. The van der Waals surface area contributed by atoms with Crippen molar-refractivity contribution in [2.24, 2.45) is 5.92 Å². The van der Waals surface area contributed by atoms with Gasteiger partial charge in [-0.3, -0.25) is 0 Å². The summed E-state index contributed by atoms with van der Waals surface area (Å²) in [6, 6.07) is 0.795. The number of rotatable bonds is 5. The third-order valence-electron chi connectivity index (χ3n) is 2.26. The summed E-state index contributed by atoms with van der Waals surface area (Å²) in [5.41, 5.74) is 0. The maximum atomic E-state index is 5.14. The van der Waals surface area contributed by atoms with Crippen molar-refractivity contribution in [1.82, 2.24) is 5.32 Å². The van der Waals surface area contributed by atoms with Gasteiger partial charge in [0.2, 0.25) is 0 Å². The summed E-state index contributed by atoms with van der Waals surface area (Å²) in [5, 5.41) is 3.45. The first-order valence-corrected chi connectivity index (χ1v) is 4.55. The standard InChI is InChI=1S/C10H17N/c1-3-5-7-11-10-8-9(10)6-4-2/h1,9-11H,4-8H2,2H3. The highest BCUT2D eigenvalue weighted by atomic mass is 15.0. The van der Waals surface area contributed by atoms with Crippen molar-refractivity contribution in [3.63, 3.8) is 0 Å². The predicted molar refractivity (Wildman–Crippen MR) is 48.3 cm³/mol. The lowest BCUT2D eigenvalue weighted by Gasteiger charge is -1.99. The molecule has 1 fully saturated rings. The van der Waals surface area contributed by atoms with E-state index in [4.69, 9.17) is 6.42 Å². The molecule has 0 aliphatic heterocycles. The van der Waals surface area contributed by atoms with Crippen LogP contribution in [0.5, 0.6) is 0 Å². The van der Waals surface area contributed by atoms with Crippen molar-refractivity contribution in [3.8, 4) is 12.3 Å². The summed E-state index contributed by atoms with van der Waals surface area (Å²) >= 11 is 0. The van der Waals surface area contributed by atoms with Crippen molar-refractivity contribution in [2.75, 3.05) is 6.54 Å². The second-order valence-corrected chi connectivity index (χ2v) is 3.30. The fourth-order valence-corrected chi connectivity index (χ4v) is 1.52. The van der Waals surface area contributed by atoms with Crippen LogP contribution in [0.1, 0.15) is 32.6 Å². The first kappa shape index (κ1) is 8.62. The first-order valence-electron chi connectivity index (χ1n) is 4.55. The van der Waals surface area contributed by atoms with E-state index in [0.717, 1.165) is 24.9 Å². The van der Waals surface area contributed by atoms with Crippen molar-refractivity contribution < 1.29 is 0 Å². The van der Waals surface area contributed by atoms with Gasteiger partial charge in [-0.2, -0.15) is 0 Å². The average molecular weight is 151 g/mol. The van der Waals surface area contributed by atoms with E-state index in [1.54, 1.807) is 0 Å². The van der Waals surface area contributed by atoms with Gasteiger partial charge in [0, 0.05) is 19.0 Å². The average Bonchev–Trinajstić information content (AvgIpc) is 2.70. The molecule has 0 amide bonds. The molecule has 2 atom stereocenters. The van der Waals surface area contributed by atoms with Crippen LogP contribution in [-0.2, 0) is 0 Å². The van der Waals surface area contributed by atoms with Gasteiger partial charge in [-0.25, -0.2) is 0 Å². The zero-order chi connectivity index (χ0) is 8.10. The Kier molecular flexibility index (Phi) is 3.45. The van der Waals surface area contributed by atoms with E-state index in [2.05, 4.69) is 18.2 Å². The number of nitrogens with one attached hydrogen (secondary N) is 1. The highest BCUT2D eigenvalue weighted by molar-refractivity contribution is 4.94. The minimum absolute atomic E-state index is 0.795. The van der Waals surface area contributed by atoms with Crippen LogP contribution in [-0.4, -0.2) is 12.6 Å². The quantitative estimate of drug-likeness (QED) is 0.466. The molecule has 2 unspecified atom stereocenters. The van der Waals surface area contributed by atoms with E-state index < -0.39 is 0 Å². The lowest BCUT2D eigenvalue weighted by Crippen LogP contribution is -2.18. The zero-order valence-corrected chi connectivity index (χ0v) is 7.27. The minimum atomic E-state index is 0.795. The van der Waals surface area contributed by atoms with Crippen molar-refractivity contribution in [2.45, 2.75) is 38.6 Å². The molecular formula is C10H17N. The van der Waals surface area contributed by atoms with Crippen LogP contribution in [0.15, 0.2) is 0 Å². The lowest BCUT2D eigenvalue weighted by molar-refractivity contribution is 0.605. The van der Waals surface area contributed by atoms with Crippen molar-refractivity contribution >= 4 is 0 Å². The van der Waals surface area contributed by atoms with E-state index in [-0.39, 0.29) is 0 Å². The Labute approximate surface area is 69.6 Å². The lowest BCUT2D eigenvalue weighted by atomic mass is 10.2. The van der Waals surface area contributed by atoms with E-state index in [1.807, 2.05) is 0 Å². The van der Waals surface area contributed by atoms with E-state index in [1.165, 1.54) is 19.3 Å². The molecule has 1 nitrogen and oxygen atoms in total. The molecule has 0 aromatic rings. The molecule has 0 saturated heterocycles. The molecule has 0 bridgehead atoms. The molecule has 11 heavy (non-hydrogen) atoms. The van der Waals surface area contributed by atoms with Gasteiger partial charge in [-0.15, -0.1) is 12.3 Å². The van der Waals surface area contributed by atoms with E-state index in [9.17, 15) is 0 Å². The highest BCUT2D eigenvalue weighted by Crippen LogP contribution is 2.34. The zero-order valence-electron chi connectivity index (χ0n) is 7.27. The van der Waals surface area contributed by atoms with Crippen LogP contribution in [0, 0.1) is 18.3 Å². The molecule has 0 heterocycles. The summed E-state index contributed by atoms with van der Waals surface area (Å²) in [4.78, 5) is 0. The third kappa shape index (κ3) is 2.95. The highest BCUT2D eigenvalue weighted by Gasteiger charge is 2.34. The Hall–Kier alpha value is -0.480. The third-order valence-corrected chi connectivity index (χ3v) is 2.26. The molecule has 1 aliphatic rings. The molecule has 1 rings (SSSR count). The maximum absolute atomic E-state index is 5.14. The fraction of sp³-hybridized carbons (Fsp3) is 0.800. The first-order chi connectivity index (χ1) is 5.38. The van der Waals surface area contributed by atoms with Gasteiger partial charge in [0.05, 0.1) is 0 Å². The van der Waals surface area contributed by atoms with Crippen LogP contribution in [0.25, 0.3) is 0 Å². The Morgan fingerprint density at radius 2 is 2.45 bits per heavy atom. The monoisotopic (exact) mass is 151 g/mol. The van der Waals surface area contributed by atoms with Gasteiger partial charge in [-0.05, 0) is 18.8 Å². The minimum Gasteiger partial charge on any atom is -0.313 e. The predicted octanol–water partition coefficient (Wildman–Crippen LogP) is 1.79. The number of terminal acetylenes is 1. The molecule has 0 radical (unpaired) electrons. The van der Waals surface area contributed by atoms with Gasteiger partial charge in [0.25, 0.3) is 0 Å².